The van der Waals surface area contributed by atoms with Gasteiger partial charge in [-0.25, -0.2) is 9.13 Å². The van der Waals surface area contributed by atoms with E-state index in [-0.39, 0.29) is 17.1 Å². The van der Waals surface area contributed by atoms with Crippen LogP contribution in [0.3, 0.4) is 0 Å². The SMILES string of the molecule is O=P(=O)[SiH]1[SiH2][SiH2][SiH2][SiH2][SiH2]1. The lowest BCUT2D eigenvalue weighted by molar-refractivity contribution is 0.526. The molecule has 52 valence electrons. The second kappa shape index (κ2) is 4.16. The van der Waals surface area contributed by atoms with E-state index in [4.69, 9.17) is 0 Å². The van der Waals surface area contributed by atoms with Gasteiger partial charge < -0.3 is 0 Å². The highest BCUT2D eigenvalue weighted by atomic mass is 31.4. The van der Waals surface area contributed by atoms with E-state index in [0.717, 1.165) is 0 Å². The van der Waals surface area contributed by atoms with Gasteiger partial charge in [0.2, 0.25) is 0 Å². The minimum atomic E-state index is -1.76. The fourth-order valence-electron chi connectivity index (χ4n) is 1.29. The summed E-state index contributed by atoms with van der Waals surface area (Å²) in [4.78, 5) is 0. The molecule has 1 heterocycles. The first-order chi connectivity index (χ1) is 4.30. The zero-order valence-corrected chi connectivity index (χ0v) is 14.5. The molecule has 1 rings (SSSR count). The second-order valence-corrected chi connectivity index (χ2v) is 64.0. The third-order valence-electron chi connectivity index (χ3n) is 1.87. The number of hydrogen-bond acceptors (Lipinski definition) is 2. The minimum Gasteiger partial charge on any atom is -0.246 e. The van der Waals surface area contributed by atoms with Gasteiger partial charge in [-0.15, -0.1) is 0 Å². The van der Waals surface area contributed by atoms with Crippen molar-refractivity contribution in [3.63, 3.8) is 0 Å². The molecular formula is H11O2PSi6. The smallest absolute Gasteiger partial charge is 0.246 e. The van der Waals surface area contributed by atoms with Gasteiger partial charge in [-0.1, -0.05) is 0 Å². The van der Waals surface area contributed by atoms with E-state index in [2.05, 4.69) is 0 Å². The fraction of sp³-hybridized carbons (Fsp3) is 0. The van der Waals surface area contributed by atoms with Gasteiger partial charge in [0.1, 0.15) is 0 Å². The molecule has 1 fully saturated rings. The zero-order chi connectivity index (χ0) is 6.69. The van der Waals surface area contributed by atoms with Crippen molar-refractivity contribution in [1.29, 1.82) is 0 Å². The van der Waals surface area contributed by atoms with E-state index < -0.39 is 14.7 Å². The molecule has 9 heavy (non-hydrogen) atoms. The van der Waals surface area contributed by atoms with Crippen molar-refractivity contribution in [2.45, 2.75) is 0 Å². The summed E-state index contributed by atoms with van der Waals surface area (Å²) < 4.78 is 21.2. The first-order valence-corrected chi connectivity index (χ1v) is 28.8. The Morgan fingerprint density at radius 2 is 1.56 bits per heavy atom. The maximum absolute atomic E-state index is 10.6. The van der Waals surface area contributed by atoms with Crippen LogP contribution in [0.5, 0.6) is 0 Å². The Labute approximate surface area is 66.7 Å². The molecule has 9 heteroatoms. The Bertz CT molecular complexity index is 137. The van der Waals surface area contributed by atoms with Crippen molar-refractivity contribution in [2.24, 2.45) is 0 Å². The number of hydrogen-bond donors (Lipinski definition) is 0. The highest BCUT2D eigenvalue weighted by Crippen LogP contribution is 2.07. The standard InChI is InChI=1S/H11O2PSi6/c1-3(2)9-7-5-4-6-8-9/h9H,4-8H2. The lowest BCUT2D eigenvalue weighted by Crippen LogP contribution is -2.45. The monoisotopic (exact) mass is 242 g/mol. The summed E-state index contributed by atoms with van der Waals surface area (Å²) in [7, 11) is -0.591. The molecule has 0 aliphatic carbocycles. The van der Waals surface area contributed by atoms with Crippen LogP contribution in [0.15, 0.2) is 0 Å². The molecule has 0 aromatic rings. The van der Waals surface area contributed by atoms with Crippen LogP contribution in [-0.2, 0) is 9.13 Å². The van der Waals surface area contributed by atoms with Gasteiger partial charge in [-0.2, -0.15) is 0 Å². The molecule has 1 aliphatic heterocycles. The predicted molar refractivity (Wildman–Crippen MR) is 58.2 cm³/mol. The highest BCUT2D eigenvalue weighted by Gasteiger charge is 2.21. The van der Waals surface area contributed by atoms with Crippen molar-refractivity contribution in [3.05, 3.63) is 0 Å². The summed E-state index contributed by atoms with van der Waals surface area (Å²) in [6.45, 7) is 0. The third-order valence-corrected chi connectivity index (χ3v) is 136. The zero-order valence-electron chi connectivity index (χ0n) is 5.38. The molecule has 1 saturated heterocycles. The van der Waals surface area contributed by atoms with E-state index in [1.54, 1.807) is 0 Å². The normalized spacial score (nSPS) is 41.1. The topological polar surface area (TPSA) is 34.1 Å². The fourth-order valence-corrected chi connectivity index (χ4v) is 280. The Kier molecular flexibility index (Phi) is 3.83. The van der Waals surface area contributed by atoms with Gasteiger partial charge in [-0.05, 0) is 25.7 Å². The molecule has 0 amide bonds. The molecule has 1 aliphatic rings. The summed E-state index contributed by atoms with van der Waals surface area (Å²) >= 11 is 0. The lowest BCUT2D eigenvalue weighted by atomic mass is 15.9. The van der Waals surface area contributed by atoms with Gasteiger partial charge in [0.25, 0.3) is 7.23 Å². The van der Waals surface area contributed by atoms with Gasteiger partial charge in [0.15, 0.2) is 7.50 Å². The molecule has 0 N–H and O–H groups in total. The molecule has 2 nitrogen and oxygen atoms in total. The van der Waals surface area contributed by atoms with E-state index >= 15 is 0 Å². The van der Waals surface area contributed by atoms with Crippen molar-refractivity contribution in [1.82, 2.24) is 0 Å². The first-order valence-electron chi connectivity index (χ1n) is 3.44. The van der Waals surface area contributed by atoms with Crippen LogP contribution in [0.4, 0.5) is 0 Å². The highest BCUT2D eigenvalue weighted by molar-refractivity contribution is 8.04. The van der Waals surface area contributed by atoms with Crippen molar-refractivity contribution >= 4 is 57.5 Å². The molecule has 0 saturated carbocycles. The molecular weight excluding hydrogens is 231 g/mol. The molecule has 0 bridgehead atoms. The molecule has 0 spiro atoms. The maximum atomic E-state index is 10.6. The quantitative estimate of drug-likeness (QED) is 0.343. The first kappa shape index (κ1) is 8.30. The summed E-state index contributed by atoms with van der Waals surface area (Å²) in [5, 5.41) is 0. The van der Waals surface area contributed by atoms with Crippen LogP contribution >= 0.6 is 7.23 Å². The molecule has 0 radical (unpaired) electrons. The summed E-state index contributed by atoms with van der Waals surface area (Å²) in [5.41, 5.74) is 0. The van der Waals surface area contributed by atoms with Gasteiger partial charge in [0, 0.05) is 17.1 Å². The largest absolute Gasteiger partial charge is 0.266 e. The van der Waals surface area contributed by atoms with E-state index in [1.165, 1.54) is 0 Å². The van der Waals surface area contributed by atoms with Crippen LogP contribution in [0.2, 0.25) is 0 Å². The second-order valence-electron chi connectivity index (χ2n) is 2.58. The minimum absolute atomic E-state index is 0.215. The van der Waals surface area contributed by atoms with Crippen molar-refractivity contribution in [2.75, 3.05) is 0 Å². The summed E-state index contributed by atoms with van der Waals surface area (Å²) in [5.74, 6) is 0. The molecule has 0 unspecified atom stereocenters. The average molecular weight is 243 g/mol. The van der Waals surface area contributed by atoms with Crippen LogP contribution in [-0.4, -0.2) is 50.3 Å². The van der Waals surface area contributed by atoms with Crippen LogP contribution in [0, 0.1) is 0 Å². The Hall–Kier alpha value is 1.20. The van der Waals surface area contributed by atoms with Gasteiger partial charge in [-0.3, -0.25) is 0 Å². The maximum Gasteiger partial charge on any atom is 0.266 e. The Balaban J connectivity index is 2.40. The van der Waals surface area contributed by atoms with Crippen LogP contribution in [0.1, 0.15) is 0 Å². The van der Waals surface area contributed by atoms with Crippen molar-refractivity contribution < 1.29 is 9.13 Å². The molecule has 0 aromatic carbocycles. The molecule has 0 atom stereocenters. The van der Waals surface area contributed by atoms with Crippen LogP contribution in [0.25, 0.3) is 0 Å². The Morgan fingerprint density at radius 1 is 1.00 bits per heavy atom. The summed E-state index contributed by atoms with van der Waals surface area (Å²) in [6.07, 6.45) is 0. The Morgan fingerprint density at radius 3 is 1.89 bits per heavy atom. The summed E-state index contributed by atoms with van der Waals surface area (Å²) in [6, 6.07) is 0. The lowest BCUT2D eigenvalue weighted by Gasteiger charge is -2.08. The van der Waals surface area contributed by atoms with E-state index in [9.17, 15) is 9.13 Å². The van der Waals surface area contributed by atoms with Crippen LogP contribution < -0.4 is 0 Å². The molecule has 0 aromatic heterocycles. The van der Waals surface area contributed by atoms with E-state index in [1.807, 2.05) is 0 Å². The van der Waals surface area contributed by atoms with Gasteiger partial charge in [0.05, 0.1) is 0 Å². The third kappa shape index (κ3) is 2.74. The average Bonchev–Trinajstić information content (AvgIpc) is 1.90. The van der Waals surface area contributed by atoms with Crippen molar-refractivity contribution in [3.8, 4) is 0 Å². The number of rotatable bonds is 1. The predicted octanol–water partition coefficient (Wildman–Crippen LogP) is -4.61. The van der Waals surface area contributed by atoms with Gasteiger partial charge >= 0.3 is 0 Å². The van der Waals surface area contributed by atoms with E-state index in [0.29, 0.717) is 25.7 Å².